The first-order valence-electron chi connectivity index (χ1n) is 7.95. The number of phosphoric ester groups is 1. The van der Waals surface area contributed by atoms with Gasteiger partial charge in [0.2, 0.25) is 0 Å². The van der Waals surface area contributed by atoms with Crippen LogP contribution in [0.1, 0.15) is 18.9 Å². The van der Waals surface area contributed by atoms with Crippen molar-refractivity contribution in [3.8, 4) is 0 Å². The van der Waals surface area contributed by atoms with Crippen LogP contribution in [-0.4, -0.2) is 58.3 Å². The van der Waals surface area contributed by atoms with Crippen LogP contribution in [0.5, 0.6) is 0 Å². The molecule has 3 rings (SSSR count). The Morgan fingerprint density at radius 3 is 2.68 bits per heavy atom. The second kappa shape index (κ2) is 7.98. The number of nitrogen functional groups attached to an aromatic ring is 1. The molecular formula is C12H19N5O8P2S. The minimum Gasteiger partial charge on any atom is -0.391 e. The fraction of sp³-hybridized carbons (Fsp3) is 0.583. The number of imidazole rings is 1. The normalized spacial score (nSPS) is 25.2. The summed E-state index contributed by atoms with van der Waals surface area (Å²) in [4.78, 5) is 39.3. The molecule has 2 heterocycles. The number of fused-ring (bicyclic) bond motifs is 1. The molecule has 1 aliphatic rings. The number of anilines is 1. The molecule has 156 valence electrons. The highest BCUT2D eigenvalue weighted by Crippen LogP contribution is 2.58. The van der Waals surface area contributed by atoms with Crippen LogP contribution in [0.2, 0.25) is 0 Å². The van der Waals surface area contributed by atoms with E-state index < -0.39 is 27.8 Å². The van der Waals surface area contributed by atoms with Crippen molar-refractivity contribution in [3.63, 3.8) is 0 Å². The first-order chi connectivity index (χ1) is 13.0. The molecule has 4 atom stereocenters. The van der Waals surface area contributed by atoms with Gasteiger partial charge in [-0.3, -0.25) is 4.52 Å². The molecule has 28 heavy (non-hydrogen) atoms. The third-order valence-electron chi connectivity index (χ3n) is 4.24. The number of hydrogen-bond donors (Lipinski definition) is 5. The first-order valence-corrected chi connectivity index (χ1v) is 12.2. The first kappa shape index (κ1) is 21.6. The van der Waals surface area contributed by atoms with Crippen molar-refractivity contribution in [2.24, 2.45) is 5.92 Å². The average Bonchev–Trinajstić information content (AvgIpc) is 3.14. The lowest BCUT2D eigenvalue weighted by Gasteiger charge is -2.17. The van der Waals surface area contributed by atoms with E-state index in [2.05, 4.69) is 23.8 Å². The van der Waals surface area contributed by atoms with Crippen LogP contribution in [0.4, 0.5) is 5.82 Å². The monoisotopic (exact) mass is 455 g/mol. The Bertz CT molecular complexity index is 967. The summed E-state index contributed by atoms with van der Waals surface area (Å²) in [7, 11) is -10.1. The third kappa shape index (κ3) is 4.90. The Morgan fingerprint density at radius 1 is 1.32 bits per heavy atom. The number of aliphatic hydroxyl groups is 1. The van der Waals surface area contributed by atoms with E-state index in [0.29, 0.717) is 22.7 Å². The summed E-state index contributed by atoms with van der Waals surface area (Å²) in [5.41, 5.74) is 6.75. The number of nitrogens with zero attached hydrogens (tertiary/aromatic N) is 4. The van der Waals surface area contributed by atoms with Gasteiger partial charge >= 0.3 is 15.6 Å². The lowest BCUT2D eigenvalue weighted by Crippen LogP contribution is -2.18. The molecule has 2 aromatic heterocycles. The van der Waals surface area contributed by atoms with E-state index in [0.717, 1.165) is 0 Å². The van der Waals surface area contributed by atoms with E-state index in [1.165, 1.54) is 18.1 Å². The van der Waals surface area contributed by atoms with Gasteiger partial charge in [-0.1, -0.05) is 11.8 Å². The molecule has 2 aromatic rings. The number of rotatable bonds is 7. The molecule has 1 aliphatic carbocycles. The van der Waals surface area contributed by atoms with Gasteiger partial charge in [0, 0.05) is 0 Å². The van der Waals surface area contributed by atoms with Crippen molar-refractivity contribution in [1.82, 2.24) is 19.5 Å². The van der Waals surface area contributed by atoms with Gasteiger partial charge in [0.05, 0.1) is 25.1 Å². The van der Waals surface area contributed by atoms with Gasteiger partial charge in [-0.2, -0.15) is 4.31 Å². The van der Waals surface area contributed by atoms with Crippen LogP contribution in [0.25, 0.3) is 11.2 Å². The van der Waals surface area contributed by atoms with Gasteiger partial charge in [-0.05, 0) is 25.0 Å². The summed E-state index contributed by atoms with van der Waals surface area (Å²) in [5.74, 6) is -0.145. The van der Waals surface area contributed by atoms with E-state index in [1.54, 1.807) is 10.8 Å². The van der Waals surface area contributed by atoms with Crippen LogP contribution in [0.15, 0.2) is 11.5 Å². The maximum atomic E-state index is 11.6. The molecule has 0 spiro atoms. The number of thioether (sulfide) groups is 1. The van der Waals surface area contributed by atoms with Gasteiger partial charge in [0.25, 0.3) is 0 Å². The summed E-state index contributed by atoms with van der Waals surface area (Å²) in [5, 5.41) is 10.9. The standard InChI is InChI=1S/C12H19N5O8P2S/c1-28-12-15-10(13)9-11(16-12)17(5-14-9)7-2-6(3-8(7)18)4-24-27(22,23)25-26(19,20)21/h5-8,18H,2-4H2,1H3,(H,22,23)(H2,13,15,16)(H2,19,20,21)/t6-,7+,8+/m0/s1. The molecule has 13 nitrogen and oxygen atoms in total. The number of nitrogens with two attached hydrogens (primary N) is 1. The Kier molecular flexibility index (Phi) is 6.16. The largest absolute Gasteiger partial charge is 0.481 e. The van der Waals surface area contributed by atoms with Crippen molar-refractivity contribution < 1.29 is 37.8 Å². The molecule has 0 aromatic carbocycles. The van der Waals surface area contributed by atoms with Crippen molar-refractivity contribution in [2.45, 2.75) is 30.1 Å². The molecule has 0 bridgehead atoms. The maximum Gasteiger partial charge on any atom is 0.481 e. The lowest BCUT2D eigenvalue weighted by molar-refractivity contribution is 0.128. The van der Waals surface area contributed by atoms with Crippen molar-refractivity contribution in [3.05, 3.63) is 6.33 Å². The molecule has 16 heteroatoms. The highest BCUT2D eigenvalue weighted by atomic mass is 32.2. The number of aliphatic hydroxyl groups excluding tert-OH is 1. The highest BCUT2D eigenvalue weighted by molar-refractivity contribution is 7.98. The van der Waals surface area contributed by atoms with Gasteiger partial charge in [-0.15, -0.1) is 0 Å². The fourth-order valence-electron chi connectivity index (χ4n) is 3.14. The quantitative estimate of drug-likeness (QED) is 0.221. The molecule has 0 amide bonds. The second-order valence-electron chi connectivity index (χ2n) is 6.23. The molecule has 1 fully saturated rings. The summed E-state index contributed by atoms with van der Waals surface area (Å²) in [6, 6.07) is -0.441. The lowest BCUT2D eigenvalue weighted by atomic mass is 10.1. The second-order valence-corrected chi connectivity index (χ2v) is 9.83. The molecule has 0 aliphatic heterocycles. The van der Waals surface area contributed by atoms with Gasteiger partial charge in [0.15, 0.2) is 16.6 Å². The number of hydrogen-bond acceptors (Lipinski definition) is 10. The summed E-state index contributed by atoms with van der Waals surface area (Å²) >= 11 is 1.31. The molecule has 0 saturated heterocycles. The van der Waals surface area contributed by atoms with E-state index in [-0.39, 0.29) is 24.8 Å². The Hall–Kier alpha value is -1.08. The van der Waals surface area contributed by atoms with Crippen molar-refractivity contribution in [1.29, 1.82) is 0 Å². The van der Waals surface area contributed by atoms with Crippen LogP contribution in [0.3, 0.4) is 0 Å². The van der Waals surface area contributed by atoms with Gasteiger partial charge in [-0.25, -0.2) is 24.1 Å². The minimum absolute atomic E-state index is 0.219. The van der Waals surface area contributed by atoms with Crippen LogP contribution in [0, 0.1) is 5.92 Å². The Morgan fingerprint density at radius 2 is 2.04 bits per heavy atom. The summed E-state index contributed by atoms with van der Waals surface area (Å²) < 4.78 is 32.3. The van der Waals surface area contributed by atoms with Gasteiger partial charge in [0.1, 0.15) is 5.52 Å². The molecular weight excluding hydrogens is 436 g/mol. The molecule has 0 radical (unpaired) electrons. The SMILES string of the molecule is CSc1nc(N)c2ncn([C@@H]3C[C@H](COP(=O)(O)OP(=O)(O)O)C[C@H]3O)c2n1. The molecule has 1 unspecified atom stereocenters. The highest BCUT2D eigenvalue weighted by Gasteiger charge is 2.38. The zero-order valence-electron chi connectivity index (χ0n) is 14.5. The third-order valence-corrected chi connectivity index (χ3v) is 6.94. The number of aromatic nitrogens is 4. The predicted octanol–water partition coefficient (Wildman–Crippen LogP) is 0.669. The zero-order valence-corrected chi connectivity index (χ0v) is 17.1. The van der Waals surface area contributed by atoms with Gasteiger partial charge < -0.3 is 30.1 Å². The van der Waals surface area contributed by atoms with E-state index >= 15 is 0 Å². The predicted molar refractivity (Wildman–Crippen MR) is 98.2 cm³/mol. The summed E-state index contributed by atoms with van der Waals surface area (Å²) in [6.07, 6.45) is 3.05. The van der Waals surface area contributed by atoms with Crippen molar-refractivity contribution in [2.75, 3.05) is 18.6 Å². The molecule has 6 N–H and O–H groups in total. The topological polar surface area (TPSA) is 203 Å². The Balaban J connectivity index is 1.74. The van der Waals surface area contributed by atoms with Crippen LogP contribution >= 0.6 is 27.4 Å². The Labute approximate surface area is 163 Å². The smallest absolute Gasteiger partial charge is 0.391 e. The summed E-state index contributed by atoms with van der Waals surface area (Å²) in [6.45, 7) is -0.332. The number of phosphoric acid groups is 2. The average molecular weight is 455 g/mol. The van der Waals surface area contributed by atoms with E-state index in [1.807, 2.05) is 0 Å². The maximum absolute atomic E-state index is 11.6. The van der Waals surface area contributed by atoms with E-state index in [9.17, 15) is 19.1 Å². The minimum atomic E-state index is -5.18. The van der Waals surface area contributed by atoms with Crippen molar-refractivity contribution >= 4 is 44.4 Å². The zero-order chi connectivity index (χ0) is 20.7. The van der Waals surface area contributed by atoms with Crippen LogP contribution < -0.4 is 5.73 Å². The fourth-order valence-corrected chi connectivity index (χ4v) is 5.17. The molecule has 1 saturated carbocycles. The van der Waals surface area contributed by atoms with E-state index in [4.69, 9.17) is 15.5 Å². The van der Waals surface area contributed by atoms with Crippen LogP contribution in [-0.2, 0) is 18.0 Å².